The normalized spacial score (nSPS) is 16.5. The second kappa shape index (κ2) is 44.0. The number of fused-ring (bicyclic) bond motifs is 2. The van der Waals surface area contributed by atoms with Crippen molar-refractivity contribution in [3.8, 4) is 33.8 Å². The highest BCUT2D eigenvalue weighted by Crippen LogP contribution is 2.48. The number of sulfone groups is 2. The Kier molecular flexibility index (Phi) is 34.9. The second-order valence-electron chi connectivity index (χ2n) is 32.7. The van der Waals surface area contributed by atoms with Gasteiger partial charge in [-0.25, -0.2) is 63.1 Å². The molecular formula is C87H107BCl3F6IN22O9S4. The number of thioether (sulfide) groups is 2. The lowest BCUT2D eigenvalue weighted by molar-refractivity contribution is -0.121. The van der Waals surface area contributed by atoms with E-state index in [1.165, 1.54) is 33.0 Å². The zero-order valence-electron chi connectivity index (χ0n) is 76.4. The zero-order valence-corrected chi connectivity index (χ0v) is 84.1. The van der Waals surface area contributed by atoms with Crippen molar-refractivity contribution in [2.24, 2.45) is 46.9 Å². The molecule has 4 aromatic carbocycles. The Morgan fingerprint density at radius 2 is 0.932 bits per heavy atom. The van der Waals surface area contributed by atoms with Crippen LogP contribution in [0.1, 0.15) is 138 Å². The number of anilines is 6. The highest BCUT2D eigenvalue weighted by molar-refractivity contribution is 14.1. The molecule has 12 heterocycles. The Bertz CT molecular complexity index is 6420. The third-order valence-corrected chi connectivity index (χ3v) is 27.3. The summed E-state index contributed by atoms with van der Waals surface area (Å²) in [5.41, 5.74) is 41.1. The smallest absolute Gasteiger partial charge is 0.399 e. The van der Waals surface area contributed by atoms with Crippen molar-refractivity contribution in [1.82, 2.24) is 78.0 Å². The van der Waals surface area contributed by atoms with Crippen LogP contribution in [0.3, 0.4) is 0 Å². The topological polar surface area (TPSA) is 415 Å². The first-order valence-corrected chi connectivity index (χ1v) is 49.8. The molecule has 1 amide bonds. The maximum atomic E-state index is 14.0. The fourth-order valence-electron chi connectivity index (χ4n) is 13.6. The van der Waals surface area contributed by atoms with E-state index >= 15 is 0 Å². The van der Waals surface area contributed by atoms with Gasteiger partial charge in [0.2, 0.25) is 5.91 Å². The molecule has 46 heteroatoms. The fraction of sp³-hybridized carbons (Fsp3) is 0.402. The summed E-state index contributed by atoms with van der Waals surface area (Å²) in [6, 6.07) is 34.3. The molecule has 133 heavy (non-hydrogen) atoms. The molecule has 3 atom stereocenters. The SMILES string of the molecule is CSc1cc(-c2cc(C)n(C)n2)ccc1N.CSc1cc(B2OC(C)(C)C(C)(C)O2)ccc1N.Cc1cc(-c2ccc(N)c(S(C)(=O)=O)c2)nn1C.Cc1cc(-c2ccc(Nc3cc(Cl)nc4c3nc(C(F)F)n4C3CCCCO3)c(S(C)(=O)=O)c2)nn1C.Cc1cc(I)nn1C.Cc1cc(N)nn1C.FC(F)c1nc2c(Cl)cc(Cl)nc2n1C1CCCCO1.NC(=O)C1CC1(F)F. The third-order valence-electron chi connectivity index (χ3n) is 22.2. The molecule has 716 valence electrons. The number of hydrogen-bond donors (Lipinski definition) is 6. The van der Waals surface area contributed by atoms with Crippen LogP contribution in [0, 0.1) is 44.2 Å². The summed E-state index contributed by atoms with van der Waals surface area (Å²) in [6.07, 6.45) is 3.83. The van der Waals surface area contributed by atoms with E-state index in [1.54, 1.807) is 74.9 Å². The summed E-state index contributed by atoms with van der Waals surface area (Å²) in [5, 5.41) is 24.6. The van der Waals surface area contributed by atoms with Crippen molar-refractivity contribution in [3.05, 3.63) is 174 Å². The highest BCUT2D eigenvalue weighted by Gasteiger charge is 2.60. The molecule has 3 aliphatic heterocycles. The van der Waals surface area contributed by atoms with Crippen LogP contribution >= 0.6 is 80.9 Å². The van der Waals surface area contributed by atoms with E-state index < -0.39 is 68.6 Å². The molecule has 9 aromatic heterocycles. The lowest BCUT2D eigenvalue weighted by Crippen LogP contribution is -2.41. The lowest BCUT2D eigenvalue weighted by atomic mass is 9.79. The minimum absolute atomic E-state index is 0.0125. The number of benzene rings is 4. The molecule has 0 radical (unpaired) electrons. The van der Waals surface area contributed by atoms with Crippen LogP contribution in [0.25, 0.3) is 56.1 Å². The number of aromatic nitrogens is 16. The number of pyridine rings is 2. The van der Waals surface area contributed by atoms with E-state index in [2.05, 4.69) is 119 Å². The number of aryl methyl sites for hydroxylation is 10. The summed E-state index contributed by atoms with van der Waals surface area (Å²) in [4.78, 5) is 28.7. The highest BCUT2D eigenvalue weighted by atomic mass is 127. The largest absolute Gasteiger partial charge is 0.494 e. The Morgan fingerprint density at radius 1 is 0.526 bits per heavy atom. The molecule has 4 aliphatic rings. The first kappa shape index (κ1) is 105. The molecule has 1 aliphatic carbocycles. The van der Waals surface area contributed by atoms with Gasteiger partial charge in [0, 0.05) is 146 Å². The quantitative estimate of drug-likeness (QED) is 0.0139. The number of ether oxygens (including phenoxy) is 2. The van der Waals surface area contributed by atoms with E-state index in [4.69, 9.17) is 76.5 Å². The van der Waals surface area contributed by atoms with Crippen LogP contribution in [0.2, 0.25) is 15.3 Å². The summed E-state index contributed by atoms with van der Waals surface area (Å²) in [6.45, 7) is 19.1. The molecule has 13 aromatic rings. The van der Waals surface area contributed by atoms with Gasteiger partial charge >= 0.3 is 7.12 Å². The summed E-state index contributed by atoms with van der Waals surface area (Å²) in [7, 11) is 2.06. The maximum Gasteiger partial charge on any atom is 0.494 e. The van der Waals surface area contributed by atoms with Crippen molar-refractivity contribution in [3.63, 3.8) is 0 Å². The van der Waals surface area contributed by atoms with Gasteiger partial charge in [-0.3, -0.25) is 37.3 Å². The van der Waals surface area contributed by atoms with E-state index in [9.17, 15) is 48.0 Å². The number of nitrogens with zero attached hydrogens (tertiary/aromatic N) is 16. The molecular weight excluding hydrogens is 1980 g/mol. The Balaban J connectivity index is 0.000000166. The fourth-order valence-corrected chi connectivity index (χ4v) is 17.8. The van der Waals surface area contributed by atoms with Crippen molar-refractivity contribution < 1.29 is 66.8 Å². The molecule has 3 unspecified atom stereocenters. The first-order chi connectivity index (χ1) is 62.2. The molecule has 0 bridgehead atoms. The Hall–Kier alpha value is -9.68. The van der Waals surface area contributed by atoms with Crippen molar-refractivity contribution in [2.45, 2.75) is 169 Å². The van der Waals surface area contributed by atoms with Gasteiger partial charge in [-0.1, -0.05) is 59.1 Å². The molecule has 31 nitrogen and oxygen atoms in total. The van der Waals surface area contributed by atoms with Gasteiger partial charge in [-0.2, -0.15) is 25.5 Å². The number of nitrogen functional groups attached to an aromatic ring is 4. The average Bonchev–Trinajstić information content (AvgIpc) is 1.60. The average molecular weight is 2090 g/mol. The van der Waals surface area contributed by atoms with Gasteiger partial charge < -0.3 is 52.8 Å². The van der Waals surface area contributed by atoms with Crippen LogP contribution in [0.4, 0.5) is 60.6 Å². The third kappa shape index (κ3) is 26.5. The molecule has 0 spiro atoms. The van der Waals surface area contributed by atoms with Gasteiger partial charge in [0.1, 0.15) is 49.2 Å². The Labute approximate surface area is 805 Å². The minimum atomic E-state index is -3.70. The van der Waals surface area contributed by atoms with Crippen LogP contribution in [-0.4, -0.2) is 163 Å². The predicted octanol–water partition coefficient (Wildman–Crippen LogP) is 18.1. The van der Waals surface area contributed by atoms with E-state index in [0.717, 1.165) is 114 Å². The van der Waals surface area contributed by atoms with Crippen LogP contribution < -0.4 is 39.4 Å². The predicted molar refractivity (Wildman–Crippen MR) is 522 cm³/mol. The van der Waals surface area contributed by atoms with E-state index in [-0.39, 0.29) is 95.1 Å². The number of alkyl halides is 6. The number of hydrogen-bond acceptors (Lipinski definition) is 25. The van der Waals surface area contributed by atoms with Gasteiger partial charge in [-0.15, -0.1) is 23.5 Å². The van der Waals surface area contributed by atoms with Crippen molar-refractivity contribution in [1.29, 1.82) is 0 Å². The van der Waals surface area contributed by atoms with Crippen molar-refractivity contribution >= 4 is 176 Å². The monoisotopic (exact) mass is 2090 g/mol. The molecule has 11 N–H and O–H groups in total. The van der Waals surface area contributed by atoms with Crippen LogP contribution in [0.15, 0.2) is 135 Å². The maximum absolute atomic E-state index is 14.0. The zero-order chi connectivity index (χ0) is 98.2. The Morgan fingerprint density at radius 3 is 1.30 bits per heavy atom. The van der Waals surface area contributed by atoms with E-state index in [0.29, 0.717) is 43.1 Å². The first-order valence-electron chi connectivity index (χ1n) is 41.4. The molecule has 3 saturated heterocycles. The molecule has 1 saturated carbocycles. The number of nitrogens with two attached hydrogens (primary N) is 5. The van der Waals surface area contributed by atoms with Gasteiger partial charge in [0.05, 0.1) is 60.2 Å². The number of amides is 1. The molecule has 17 rings (SSSR count). The van der Waals surface area contributed by atoms with Crippen molar-refractivity contribution in [2.75, 3.05) is 66.5 Å². The summed E-state index contributed by atoms with van der Waals surface area (Å²) < 4.78 is 163. The van der Waals surface area contributed by atoms with Gasteiger partial charge in [0.25, 0.3) is 18.8 Å². The van der Waals surface area contributed by atoms with Gasteiger partial charge in [0.15, 0.2) is 42.6 Å². The lowest BCUT2D eigenvalue weighted by Gasteiger charge is -2.32. The van der Waals surface area contributed by atoms with Gasteiger partial charge in [-0.05, 0) is 220 Å². The number of carbonyl (C=O) groups excluding carboxylic acids is 1. The summed E-state index contributed by atoms with van der Waals surface area (Å²) >= 11 is 23.6. The second-order valence-corrected chi connectivity index (χ2v) is 40.7. The number of imidazole rings is 2. The van der Waals surface area contributed by atoms with Crippen LogP contribution in [0.5, 0.6) is 0 Å². The minimum Gasteiger partial charge on any atom is -0.399 e. The molecule has 4 fully saturated rings. The number of carbonyl (C=O) groups is 1. The van der Waals surface area contributed by atoms with Crippen LogP contribution in [-0.2, 0) is 78.5 Å². The van der Waals surface area contributed by atoms with E-state index in [1.807, 2.05) is 139 Å². The number of halogens is 10. The summed E-state index contributed by atoms with van der Waals surface area (Å²) in [5.74, 6) is -5.14. The number of rotatable bonds is 15. The standard InChI is InChI=1S/C24H25ClF2N6O3S.C13H20BNO2S.C12H11Cl2F2N3O.C12H15N3O2S.C12H15N3S.C5H7IN2.C5H9N3.C4H5F2NO/c1-13-10-16(31-32(13)2)14-7-8-15(18(11-14)37(3,34)35)28-17-12-19(25)29-23-21(17)30-24(22(26)27)33(23)20-6-4-5-9-36-20;1-12(2)13(3,4)17-14(16-12)9-6-7-10(15)11(8-9)18-5;13-6-5-7(14)17-11-9(6)18-12(10(15)16)19(11)8-3-1-2-4-20-8;1-8-6-11(14-15(8)2)9-4-5-10(13)12(7-9)18(3,16)17;1-8-6-11(14-15(8)2)9-4-5-10(13)12(7-9)16-3;2*1-4-3-5(6)7-8(4)2;5-4(6)1-2(4)3(7)8/h7-8,10-12,20,22H,4-6,9H2,1-3H3,(H,28,29);6-8H,15H2,1-5H3;5,8,10H,1-4H2;4-7H,13H2,1-3H3;4-7H,13H2,1-3H3;3H,1-2H3;3H,1-2H3,(H2,6,7);2H,1H2,(H2,7,8). The number of nitrogens with one attached hydrogen (secondary N) is 1. The number of primary amides is 1.